The van der Waals surface area contributed by atoms with Crippen molar-refractivity contribution in [3.63, 3.8) is 0 Å². The van der Waals surface area contributed by atoms with E-state index in [2.05, 4.69) is 9.88 Å². The molecule has 1 aromatic rings. The standard InChI is InChI=1S/C17H24ClN3O3/c18-15-5-3-6-19-17(15)21-9-7-20(8-10-21)16(22)13-23-12-14-4-1-2-11-24-14/h3,5-6,14H,1-2,4,7-13H2/t14-/m1/s1. The number of ether oxygens (including phenoxy) is 2. The van der Waals surface area contributed by atoms with Gasteiger partial charge in [0, 0.05) is 39.0 Å². The van der Waals surface area contributed by atoms with Crippen molar-refractivity contribution in [3.05, 3.63) is 23.4 Å². The van der Waals surface area contributed by atoms with Crippen LogP contribution >= 0.6 is 11.6 Å². The molecule has 2 aliphatic rings. The number of nitrogens with zero attached hydrogens (tertiary/aromatic N) is 3. The zero-order valence-corrected chi connectivity index (χ0v) is 14.6. The Hall–Kier alpha value is -1.37. The van der Waals surface area contributed by atoms with Crippen molar-refractivity contribution >= 4 is 23.3 Å². The number of carbonyl (C=O) groups excluding carboxylic acids is 1. The van der Waals surface area contributed by atoms with Crippen LogP contribution in [0.25, 0.3) is 0 Å². The molecular formula is C17H24ClN3O3. The number of anilines is 1. The average molecular weight is 354 g/mol. The molecule has 2 fully saturated rings. The lowest BCUT2D eigenvalue weighted by atomic mass is 10.1. The summed E-state index contributed by atoms with van der Waals surface area (Å²) in [6.45, 7) is 4.23. The zero-order valence-electron chi connectivity index (χ0n) is 13.8. The third-order valence-corrected chi connectivity index (χ3v) is 4.77. The van der Waals surface area contributed by atoms with E-state index in [0.29, 0.717) is 24.7 Å². The van der Waals surface area contributed by atoms with E-state index in [9.17, 15) is 4.79 Å². The Balaban J connectivity index is 1.39. The summed E-state index contributed by atoms with van der Waals surface area (Å²) in [5.41, 5.74) is 0. The van der Waals surface area contributed by atoms with E-state index in [-0.39, 0.29) is 18.6 Å². The molecule has 3 heterocycles. The number of pyridine rings is 1. The first-order valence-electron chi connectivity index (χ1n) is 8.56. The Labute approximate surface area is 147 Å². The van der Waals surface area contributed by atoms with Crippen molar-refractivity contribution in [3.8, 4) is 0 Å². The highest BCUT2D eigenvalue weighted by Gasteiger charge is 2.23. The molecular weight excluding hydrogens is 330 g/mol. The maximum atomic E-state index is 12.2. The molecule has 1 atom stereocenters. The minimum atomic E-state index is 0.0394. The summed E-state index contributed by atoms with van der Waals surface area (Å²) in [7, 11) is 0. The molecule has 6 nitrogen and oxygen atoms in total. The van der Waals surface area contributed by atoms with Crippen LogP contribution in [0, 0.1) is 0 Å². The molecule has 0 radical (unpaired) electrons. The van der Waals surface area contributed by atoms with E-state index < -0.39 is 0 Å². The summed E-state index contributed by atoms with van der Waals surface area (Å²) < 4.78 is 11.2. The van der Waals surface area contributed by atoms with Crippen LogP contribution in [0.5, 0.6) is 0 Å². The van der Waals surface area contributed by atoms with Crippen molar-refractivity contribution in [2.45, 2.75) is 25.4 Å². The molecule has 0 aromatic carbocycles. The second-order valence-electron chi connectivity index (χ2n) is 6.18. The van der Waals surface area contributed by atoms with E-state index >= 15 is 0 Å². The van der Waals surface area contributed by atoms with E-state index in [4.69, 9.17) is 21.1 Å². The molecule has 0 unspecified atom stereocenters. The van der Waals surface area contributed by atoms with Crippen LogP contribution in [0.1, 0.15) is 19.3 Å². The van der Waals surface area contributed by atoms with Crippen molar-refractivity contribution in [1.29, 1.82) is 0 Å². The molecule has 0 saturated carbocycles. The minimum absolute atomic E-state index is 0.0394. The smallest absolute Gasteiger partial charge is 0.248 e. The summed E-state index contributed by atoms with van der Waals surface area (Å²) in [6.07, 6.45) is 5.21. The number of piperazine rings is 1. The molecule has 1 amide bonds. The van der Waals surface area contributed by atoms with E-state index in [1.165, 1.54) is 6.42 Å². The molecule has 3 rings (SSSR count). The number of hydrogen-bond acceptors (Lipinski definition) is 5. The van der Waals surface area contributed by atoms with Crippen LogP contribution in [-0.2, 0) is 14.3 Å². The third-order valence-electron chi connectivity index (χ3n) is 4.47. The lowest BCUT2D eigenvalue weighted by Crippen LogP contribution is -2.50. The Bertz CT molecular complexity index is 544. The second kappa shape index (κ2) is 8.65. The van der Waals surface area contributed by atoms with Gasteiger partial charge in [-0.15, -0.1) is 0 Å². The number of amides is 1. The summed E-state index contributed by atoms with van der Waals surface area (Å²) in [4.78, 5) is 20.5. The summed E-state index contributed by atoms with van der Waals surface area (Å²) in [5.74, 6) is 0.828. The molecule has 0 aliphatic carbocycles. The molecule has 0 spiro atoms. The lowest BCUT2D eigenvalue weighted by Gasteiger charge is -2.35. The first-order chi connectivity index (χ1) is 11.7. The van der Waals surface area contributed by atoms with Crippen LogP contribution in [0.3, 0.4) is 0 Å². The molecule has 24 heavy (non-hydrogen) atoms. The monoisotopic (exact) mass is 353 g/mol. The van der Waals surface area contributed by atoms with Gasteiger partial charge in [-0.1, -0.05) is 11.6 Å². The largest absolute Gasteiger partial charge is 0.376 e. The second-order valence-corrected chi connectivity index (χ2v) is 6.59. The highest BCUT2D eigenvalue weighted by atomic mass is 35.5. The molecule has 2 aliphatic heterocycles. The first-order valence-corrected chi connectivity index (χ1v) is 8.94. The van der Waals surface area contributed by atoms with Gasteiger partial charge in [-0.25, -0.2) is 4.98 Å². The SMILES string of the molecule is O=C(COC[C@H]1CCCCO1)N1CCN(c2ncccc2Cl)CC1. The van der Waals surface area contributed by atoms with Crippen molar-refractivity contribution < 1.29 is 14.3 Å². The Kier molecular flexibility index (Phi) is 6.29. The van der Waals surface area contributed by atoms with Crippen LogP contribution in [0.15, 0.2) is 18.3 Å². The van der Waals surface area contributed by atoms with Gasteiger partial charge < -0.3 is 19.3 Å². The first kappa shape index (κ1) is 17.5. The third kappa shape index (κ3) is 4.59. The average Bonchev–Trinajstić information content (AvgIpc) is 2.63. The maximum Gasteiger partial charge on any atom is 0.248 e. The van der Waals surface area contributed by atoms with Gasteiger partial charge in [0.05, 0.1) is 17.7 Å². The van der Waals surface area contributed by atoms with Gasteiger partial charge in [0.2, 0.25) is 5.91 Å². The van der Waals surface area contributed by atoms with Crippen LogP contribution < -0.4 is 4.90 Å². The normalized spacial score (nSPS) is 21.8. The van der Waals surface area contributed by atoms with Gasteiger partial charge in [0.15, 0.2) is 0 Å². The maximum absolute atomic E-state index is 12.2. The van der Waals surface area contributed by atoms with E-state index in [1.807, 2.05) is 17.0 Å². The Morgan fingerprint density at radius 2 is 2.17 bits per heavy atom. The Morgan fingerprint density at radius 1 is 1.33 bits per heavy atom. The fraction of sp³-hybridized carbons (Fsp3) is 0.647. The molecule has 2 saturated heterocycles. The van der Waals surface area contributed by atoms with Gasteiger partial charge >= 0.3 is 0 Å². The molecule has 1 aromatic heterocycles. The number of aromatic nitrogens is 1. The zero-order chi connectivity index (χ0) is 16.8. The fourth-order valence-corrected chi connectivity index (χ4v) is 3.33. The minimum Gasteiger partial charge on any atom is -0.376 e. The molecule has 132 valence electrons. The topological polar surface area (TPSA) is 54.9 Å². The quantitative estimate of drug-likeness (QED) is 0.810. The van der Waals surface area contributed by atoms with Crippen molar-refractivity contribution in [2.24, 2.45) is 0 Å². The Morgan fingerprint density at radius 3 is 2.88 bits per heavy atom. The molecule has 0 N–H and O–H groups in total. The highest BCUT2D eigenvalue weighted by molar-refractivity contribution is 6.32. The van der Waals surface area contributed by atoms with Gasteiger partial charge in [0.25, 0.3) is 0 Å². The number of hydrogen-bond donors (Lipinski definition) is 0. The fourth-order valence-electron chi connectivity index (χ4n) is 3.09. The van der Waals surface area contributed by atoms with Gasteiger partial charge in [-0.2, -0.15) is 0 Å². The summed E-state index contributed by atoms with van der Waals surface area (Å²) >= 11 is 6.18. The predicted molar refractivity (Wildman–Crippen MR) is 92.5 cm³/mol. The van der Waals surface area contributed by atoms with E-state index in [1.54, 1.807) is 6.20 Å². The van der Waals surface area contributed by atoms with Gasteiger partial charge in [-0.3, -0.25) is 4.79 Å². The van der Waals surface area contributed by atoms with Gasteiger partial charge in [0.1, 0.15) is 12.4 Å². The highest BCUT2D eigenvalue weighted by Crippen LogP contribution is 2.23. The van der Waals surface area contributed by atoms with Crippen LogP contribution in [-0.4, -0.2) is 67.9 Å². The summed E-state index contributed by atoms with van der Waals surface area (Å²) in [5, 5.41) is 0.646. The summed E-state index contributed by atoms with van der Waals surface area (Å²) in [6, 6.07) is 3.65. The molecule has 0 bridgehead atoms. The number of rotatable bonds is 5. The predicted octanol–water partition coefficient (Wildman–Crippen LogP) is 1.97. The van der Waals surface area contributed by atoms with Crippen molar-refractivity contribution in [2.75, 3.05) is 50.9 Å². The number of halogens is 1. The van der Waals surface area contributed by atoms with Crippen LogP contribution in [0.2, 0.25) is 5.02 Å². The van der Waals surface area contributed by atoms with Crippen molar-refractivity contribution in [1.82, 2.24) is 9.88 Å². The number of carbonyl (C=O) groups is 1. The van der Waals surface area contributed by atoms with Gasteiger partial charge in [-0.05, 0) is 31.4 Å². The van der Waals surface area contributed by atoms with E-state index in [0.717, 1.165) is 38.4 Å². The van der Waals surface area contributed by atoms with Crippen LogP contribution in [0.4, 0.5) is 5.82 Å². The lowest BCUT2D eigenvalue weighted by molar-refractivity contribution is -0.138. The molecule has 7 heteroatoms.